The molecule has 0 unspecified atom stereocenters. The lowest BCUT2D eigenvalue weighted by Gasteiger charge is -2.18. The summed E-state index contributed by atoms with van der Waals surface area (Å²) in [5, 5.41) is 12.3. The molecular formula is C24H23N3O4. The number of allylic oxidation sites excluding steroid dienone is 1. The normalized spacial score (nSPS) is 14.6. The molecule has 1 aliphatic rings. The number of carbonyl (C=O) groups excluding carboxylic acids is 1. The minimum absolute atomic E-state index is 0.129. The van der Waals surface area contributed by atoms with Crippen LogP contribution in [0, 0.1) is 12.3 Å². The van der Waals surface area contributed by atoms with Gasteiger partial charge in [-0.1, -0.05) is 29.8 Å². The van der Waals surface area contributed by atoms with E-state index in [1.807, 2.05) is 37.3 Å². The average molecular weight is 417 g/mol. The maximum atomic E-state index is 13.0. The molecule has 1 aliphatic heterocycles. The molecule has 0 aliphatic carbocycles. The standard InChI is InChI=1S/C24H23N3O4/c1-14-4-6-15(7-5-14)12-16-10-11-27-20(16)26-19-13-17(8-9-18(19)21(27)28)25-22(29)24(2,3)23(30)31/h4-9,12-13H,10-11H2,1-3H3,(H,25,29)(H,30,31). The molecule has 3 aromatic rings. The van der Waals surface area contributed by atoms with Gasteiger partial charge < -0.3 is 10.4 Å². The number of nitrogens with one attached hydrogen (secondary N) is 1. The van der Waals surface area contributed by atoms with Gasteiger partial charge in [0.2, 0.25) is 5.91 Å². The second-order valence-electron chi connectivity index (χ2n) is 8.34. The molecule has 7 heteroatoms. The van der Waals surface area contributed by atoms with Gasteiger partial charge in [0.15, 0.2) is 0 Å². The SMILES string of the molecule is Cc1ccc(C=C2CCn3c2nc2cc(NC(=O)C(C)(C)C(=O)O)ccc2c3=O)cc1. The third-order valence-corrected chi connectivity index (χ3v) is 5.63. The van der Waals surface area contributed by atoms with Crippen molar-refractivity contribution in [3.05, 3.63) is 69.8 Å². The zero-order chi connectivity index (χ0) is 22.3. The van der Waals surface area contributed by atoms with Crippen LogP contribution in [0.5, 0.6) is 0 Å². The molecule has 31 heavy (non-hydrogen) atoms. The van der Waals surface area contributed by atoms with Gasteiger partial charge in [0.05, 0.1) is 10.9 Å². The quantitative estimate of drug-likeness (QED) is 0.631. The van der Waals surface area contributed by atoms with E-state index in [1.165, 1.54) is 19.4 Å². The molecule has 1 amide bonds. The number of fused-ring (bicyclic) bond motifs is 2. The molecule has 2 aromatic carbocycles. The van der Waals surface area contributed by atoms with Gasteiger partial charge in [-0.3, -0.25) is 19.0 Å². The predicted molar refractivity (Wildman–Crippen MR) is 120 cm³/mol. The summed E-state index contributed by atoms with van der Waals surface area (Å²) in [5.74, 6) is -1.24. The molecule has 0 fully saturated rings. The molecule has 0 saturated carbocycles. The molecule has 2 N–H and O–H groups in total. The monoisotopic (exact) mass is 417 g/mol. The maximum absolute atomic E-state index is 13.0. The van der Waals surface area contributed by atoms with Crippen molar-refractivity contribution in [1.82, 2.24) is 9.55 Å². The van der Waals surface area contributed by atoms with Crippen molar-refractivity contribution in [3.8, 4) is 0 Å². The van der Waals surface area contributed by atoms with Crippen molar-refractivity contribution in [1.29, 1.82) is 0 Å². The smallest absolute Gasteiger partial charge is 0.318 e. The van der Waals surface area contributed by atoms with Crippen LogP contribution in [0.4, 0.5) is 5.69 Å². The van der Waals surface area contributed by atoms with E-state index in [0.29, 0.717) is 35.4 Å². The van der Waals surface area contributed by atoms with Crippen molar-refractivity contribution in [2.24, 2.45) is 5.41 Å². The third-order valence-electron chi connectivity index (χ3n) is 5.63. The molecule has 158 valence electrons. The maximum Gasteiger partial charge on any atom is 0.318 e. The molecule has 7 nitrogen and oxygen atoms in total. The Bertz CT molecular complexity index is 1300. The first kappa shape index (κ1) is 20.5. The van der Waals surface area contributed by atoms with Gasteiger partial charge in [0.25, 0.3) is 5.56 Å². The second kappa shape index (κ2) is 7.50. The van der Waals surface area contributed by atoms with Crippen LogP contribution in [0.2, 0.25) is 0 Å². The summed E-state index contributed by atoms with van der Waals surface area (Å²) in [6, 6.07) is 12.9. The van der Waals surface area contributed by atoms with Crippen molar-refractivity contribution in [2.45, 2.75) is 33.7 Å². The van der Waals surface area contributed by atoms with E-state index in [0.717, 1.165) is 11.1 Å². The number of carbonyl (C=O) groups is 2. The van der Waals surface area contributed by atoms with Gasteiger partial charge in [0.1, 0.15) is 11.2 Å². The van der Waals surface area contributed by atoms with Crippen LogP contribution in [0.1, 0.15) is 37.2 Å². The Labute approximate surface area is 179 Å². The van der Waals surface area contributed by atoms with Crippen LogP contribution < -0.4 is 10.9 Å². The Balaban J connectivity index is 1.73. The number of carboxylic acid groups (broad SMARTS) is 1. The predicted octanol–water partition coefficient (Wildman–Crippen LogP) is 3.70. The summed E-state index contributed by atoms with van der Waals surface area (Å²) in [6.07, 6.45) is 2.75. The first-order valence-corrected chi connectivity index (χ1v) is 10.0. The van der Waals surface area contributed by atoms with Gasteiger partial charge in [-0.2, -0.15) is 0 Å². The molecular weight excluding hydrogens is 394 g/mol. The summed E-state index contributed by atoms with van der Waals surface area (Å²) < 4.78 is 1.67. The number of nitrogens with zero attached hydrogens (tertiary/aromatic N) is 2. The largest absolute Gasteiger partial charge is 0.480 e. The molecule has 4 rings (SSSR count). The molecule has 0 saturated heterocycles. The summed E-state index contributed by atoms with van der Waals surface area (Å²) in [5.41, 5.74) is 2.34. The lowest BCUT2D eigenvalue weighted by molar-refractivity contribution is -0.151. The summed E-state index contributed by atoms with van der Waals surface area (Å²) >= 11 is 0. The minimum atomic E-state index is -1.58. The molecule has 0 radical (unpaired) electrons. The molecule has 0 spiro atoms. The minimum Gasteiger partial charge on any atom is -0.480 e. The number of aromatic nitrogens is 2. The van der Waals surface area contributed by atoms with E-state index in [-0.39, 0.29) is 5.56 Å². The first-order chi connectivity index (χ1) is 14.7. The van der Waals surface area contributed by atoms with Crippen molar-refractivity contribution in [3.63, 3.8) is 0 Å². The molecule has 0 bridgehead atoms. The first-order valence-electron chi connectivity index (χ1n) is 10.0. The molecule has 1 aromatic heterocycles. The van der Waals surface area contributed by atoms with E-state index in [9.17, 15) is 19.5 Å². The van der Waals surface area contributed by atoms with Crippen LogP contribution in [0.15, 0.2) is 47.3 Å². The zero-order valence-electron chi connectivity index (χ0n) is 17.6. The number of hydrogen-bond donors (Lipinski definition) is 2. The van der Waals surface area contributed by atoms with Crippen molar-refractivity contribution in [2.75, 3.05) is 5.32 Å². The third kappa shape index (κ3) is 3.74. The van der Waals surface area contributed by atoms with E-state index < -0.39 is 17.3 Å². The number of hydrogen-bond acceptors (Lipinski definition) is 4. The zero-order valence-corrected chi connectivity index (χ0v) is 17.6. The fourth-order valence-electron chi connectivity index (χ4n) is 3.48. The Morgan fingerprint density at radius 2 is 1.87 bits per heavy atom. The highest BCUT2D eigenvalue weighted by Crippen LogP contribution is 2.28. The second-order valence-corrected chi connectivity index (χ2v) is 8.34. The van der Waals surface area contributed by atoms with Gasteiger partial charge in [-0.15, -0.1) is 0 Å². The number of anilines is 1. The van der Waals surface area contributed by atoms with Gasteiger partial charge in [-0.25, -0.2) is 4.98 Å². The highest BCUT2D eigenvalue weighted by molar-refractivity contribution is 6.08. The van der Waals surface area contributed by atoms with Gasteiger partial charge in [-0.05, 0) is 62.6 Å². The number of aliphatic carboxylic acids is 1. The fourth-order valence-corrected chi connectivity index (χ4v) is 3.48. The number of aryl methyl sites for hydroxylation is 1. The number of rotatable bonds is 4. The Morgan fingerprint density at radius 1 is 1.16 bits per heavy atom. The summed E-state index contributed by atoms with van der Waals surface area (Å²) in [4.78, 5) is 41.4. The average Bonchev–Trinajstić information content (AvgIpc) is 3.12. The van der Waals surface area contributed by atoms with Crippen LogP contribution in [-0.2, 0) is 16.1 Å². The topological polar surface area (TPSA) is 101 Å². The van der Waals surface area contributed by atoms with E-state index in [4.69, 9.17) is 4.98 Å². The highest BCUT2D eigenvalue weighted by atomic mass is 16.4. The number of benzene rings is 2. The Kier molecular flexibility index (Phi) is 4.97. The summed E-state index contributed by atoms with van der Waals surface area (Å²) in [7, 11) is 0. The van der Waals surface area contributed by atoms with Crippen molar-refractivity contribution < 1.29 is 14.7 Å². The molecule has 2 heterocycles. The van der Waals surface area contributed by atoms with Crippen molar-refractivity contribution >= 4 is 40.1 Å². The van der Waals surface area contributed by atoms with E-state index in [2.05, 4.69) is 5.32 Å². The van der Waals surface area contributed by atoms with E-state index in [1.54, 1.807) is 22.8 Å². The fraction of sp³-hybridized carbons (Fsp3) is 0.250. The van der Waals surface area contributed by atoms with Crippen LogP contribution in [0.25, 0.3) is 22.6 Å². The Morgan fingerprint density at radius 3 is 2.55 bits per heavy atom. The Hall–Kier alpha value is -3.74. The van der Waals surface area contributed by atoms with Crippen LogP contribution in [0.3, 0.4) is 0 Å². The summed E-state index contributed by atoms with van der Waals surface area (Å²) in [6.45, 7) is 5.28. The lowest BCUT2D eigenvalue weighted by Crippen LogP contribution is -2.37. The van der Waals surface area contributed by atoms with Gasteiger partial charge >= 0.3 is 5.97 Å². The number of amides is 1. The van der Waals surface area contributed by atoms with E-state index >= 15 is 0 Å². The van der Waals surface area contributed by atoms with Gasteiger partial charge in [0, 0.05) is 12.2 Å². The highest BCUT2D eigenvalue weighted by Gasteiger charge is 2.36. The molecule has 0 atom stereocenters. The lowest BCUT2D eigenvalue weighted by atomic mass is 9.92. The van der Waals surface area contributed by atoms with Crippen LogP contribution in [-0.4, -0.2) is 26.5 Å². The van der Waals surface area contributed by atoms with Crippen LogP contribution >= 0.6 is 0 Å². The number of carboxylic acids is 1.